The molecule has 2 aromatic rings. The standard InChI is InChI=1S/C20H20N2O4S/c1-20(2,19(25)26)13-7-9-14(10-8-13)21-17(23)11-22-15-5-3-4-6-16(15)27-12-18(22)24/h3-10H,11-12H2,1-2H3,(H,21,23)(H,25,26). The topological polar surface area (TPSA) is 86.7 Å². The molecule has 1 heterocycles. The lowest BCUT2D eigenvalue weighted by Gasteiger charge is -2.28. The van der Waals surface area contributed by atoms with E-state index in [1.165, 1.54) is 16.7 Å². The van der Waals surface area contributed by atoms with Crippen molar-refractivity contribution in [1.82, 2.24) is 0 Å². The molecular formula is C20H20N2O4S. The van der Waals surface area contributed by atoms with Gasteiger partial charge in [0.2, 0.25) is 11.8 Å². The molecule has 3 rings (SSSR count). The lowest BCUT2D eigenvalue weighted by atomic mass is 9.85. The molecule has 7 heteroatoms. The van der Waals surface area contributed by atoms with Gasteiger partial charge in [0.15, 0.2) is 0 Å². The molecule has 6 nitrogen and oxygen atoms in total. The molecule has 27 heavy (non-hydrogen) atoms. The highest BCUT2D eigenvalue weighted by molar-refractivity contribution is 8.00. The fourth-order valence-electron chi connectivity index (χ4n) is 2.77. The number of thioether (sulfide) groups is 1. The molecule has 0 bridgehead atoms. The molecule has 0 saturated heterocycles. The first-order valence-electron chi connectivity index (χ1n) is 8.45. The zero-order valence-electron chi connectivity index (χ0n) is 15.1. The number of carboxylic acids is 1. The number of fused-ring (bicyclic) bond motifs is 1. The predicted molar refractivity (Wildman–Crippen MR) is 105 cm³/mol. The third kappa shape index (κ3) is 3.98. The summed E-state index contributed by atoms with van der Waals surface area (Å²) in [5.74, 6) is -1.02. The smallest absolute Gasteiger partial charge is 0.313 e. The number of benzene rings is 2. The maximum absolute atomic E-state index is 12.4. The van der Waals surface area contributed by atoms with Gasteiger partial charge in [-0.05, 0) is 43.7 Å². The van der Waals surface area contributed by atoms with Crippen LogP contribution in [-0.4, -0.2) is 35.2 Å². The lowest BCUT2D eigenvalue weighted by molar-refractivity contribution is -0.142. The Balaban J connectivity index is 1.70. The summed E-state index contributed by atoms with van der Waals surface area (Å²) in [6, 6.07) is 14.2. The highest BCUT2D eigenvalue weighted by atomic mass is 32.2. The van der Waals surface area contributed by atoms with Gasteiger partial charge in [-0.25, -0.2) is 0 Å². The van der Waals surface area contributed by atoms with Crippen molar-refractivity contribution in [2.75, 3.05) is 22.5 Å². The van der Waals surface area contributed by atoms with E-state index >= 15 is 0 Å². The number of hydrogen-bond donors (Lipinski definition) is 2. The number of hydrogen-bond acceptors (Lipinski definition) is 4. The maximum Gasteiger partial charge on any atom is 0.313 e. The van der Waals surface area contributed by atoms with Crippen molar-refractivity contribution in [2.24, 2.45) is 0 Å². The van der Waals surface area contributed by atoms with Crippen LogP contribution >= 0.6 is 11.8 Å². The van der Waals surface area contributed by atoms with E-state index in [1.54, 1.807) is 38.1 Å². The lowest BCUT2D eigenvalue weighted by Crippen LogP contribution is -2.41. The fourth-order valence-corrected chi connectivity index (χ4v) is 3.70. The van der Waals surface area contributed by atoms with Crippen molar-refractivity contribution >= 4 is 40.9 Å². The van der Waals surface area contributed by atoms with Crippen LogP contribution in [0.4, 0.5) is 11.4 Å². The third-order valence-electron chi connectivity index (χ3n) is 4.53. The molecule has 0 fully saturated rings. The van der Waals surface area contributed by atoms with Gasteiger partial charge in [0, 0.05) is 10.6 Å². The minimum absolute atomic E-state index is 0.0707. The average Bonchev–Trinajstić information content (AvgIpc) is 2.64. The summed E-state index contributed by atoms with van der Waals surface area (Å²) in [6.45, 7) is 3.18. The van der Waals surface area contributed by atoms with Gasteiger partial charge >= 0.3 is 5.97 Å². The Morgan fingerprint density at radius 2 is 1.81 bits per heavy atom. The first-order chi connectivity index (χ1) is 12.8. The SMILES string of the molecule is CC(C)(C(=O)O)c1ccc(NC(=O)CN2C(=O)CSc3ccccc32)cc1. The number of carbonyl (C=O) groups excluding carboxylic acids is 2. The van der Waals surface area contributed by atoms with Gasteiger partial charge in [-0.2, -0.15) is 0 Å². The minimum Gasteiger partial charge on any atom is -0.481 e. The summed E-state index contributed by atoms with van der Waals surface area (Å²) in [5.41, 5.74) is 0.930. The van der Waals surface area contributed by atoms with Crippen LogP contribution in [0.5, 0.6) is 0 Å². The number of rotatable bonds is 5. The van der Waals surface area contributed by atoms with Crippen LogP contribution in [0, 0.1) is 0 Å². The molecule has 2 amide bonds. The molecule has 0 atom stereocenters. The quantitative estimate of drug-likeness (QED) is 0.827. The zero-order chi connectivity index (χ0) is 19.6. The highest BCUT2D eigenvalue weighted by Crippen LogP contribution is 2.34. The Morgan fingerprint density at radius 3 is 2.48 bits per heavy atom. The Morgan fingerprint density at radius 1 is 1.15 bits per heavy atom. The highest BCUT2D eigenvalue weighted by Gasteiger charge is 2.29. The summed E-state index contributed by atoms with van der Waals surface area (Å²) < 4.78 is 0. The molecular weight excluding hydrogens is 364 g/mol. The maximum atomic E-state index is 12.4. The molecule has 1 aliphatic heterocycles. The van der Waals surface area contributed by atoms with Crippen LogP contribution in [0.3, 0.4) is 0 Å². The molecule has 0 aromatic heterocycles. The summed E-state index contributed by atoms with van der Waals surface area (Å²) in [6.07, 6.45) is 0. The first-order valence-corrected chi connectivity index (χ1v) is 9.43. The van der Waals surface area contributed by atoms with Crippen LogP contribution in [0.25, 0.3) is 0 Å². The number of carbonyl (C=O) groups is 3. The van der Waals surface area contributed by atoms with E-state index in [4.69, 9.17) is 0 Å². The van der Waals surface area contributed by atoms with E-state index in [-0.39, 0.29) is 18.4 Å². The molecule has 140 valence electrons. The fraction of sp³-hybridized carbons (Fsp3) is 0.250. The van der Waals surface area contributed by atoms with Crippen LogP contribution in [0.2, 0.25) is 0 Å². The van der Waals surface area contributed by atoms with E-state index < -0.39 is 11.4 Å². The van der Waals surface area contributed by atoms with Gasteiger partial charge in [-0.15, -0.1) is 11.8 Å². The van der Waals surface area contributed by atoms with Crippen molar-refractivity contribution in [3.05, 3.63) is 54.1 Å². The van der Waals surface area contributed by atoms with E-state index in [9.17, 15) is 19.5 Å². The van der Waals surface area contributed by atoms with Crippen molar-refractivity contribution in [3.63, 3.8) is 0 Å². The Hall–Kier alpha value is -2.80. The Labute approximate surface area is 161 Å². The van der Waals surface area contributed by atoms with Gasteiger partial charge in [0.05, 0.1) is 16.9 Å². The second kappa shape index (κ2) is 7.44. The second-order valence-corrected chi connectivity index (χ2v) is 7.81. The predicted octanol–water partition coefficient (Wildman–Crippen LogP) is 3.13. The van der Waals surface area contributed by atoms with Gasteiger partial charge in [0.1, 0.15) is 6.54 Å². The zero-order valence-corrected chi connectivity index (χ0v) is 15.9. The second-order valence-electron chi connectivity index (χ2n) is 6.79. The number of amides is 2. The van der Waals surface area contributed by atoms with E-state index in [0.717, 1.165) is 10.6 Å². The number of aliphatic carboxylic acids is 1. The molecule has 0 aliphatic carbocycles. The molecule has 2 aromatic carbocycles. The van der Waals surface area contributed by atoms with Gasteiger partial charge in [-0.3, -0.25) is 14.4 Å². The summed E-state index contributed by atoms with van der Waals surface area (Å²) >= 11 is 1.47. The minimum atomic E-state index is -1.01. The summed E-state index contributed by atoms with van der Waals surface area (Å²) in [7, 11) is 0. The van der Waals surface area contributed by atoms with Crippen LogP contribution in [0.1, 0.15) is 19.4 Å². The average molecular weight is 384 g/mol. The molecule has 1 aliphatic rings. The number of nitrogens with one attached hydrogen (secondary N) is 1. The van der Waals surface area contributed by atoms with Crippen molar-refractivity contribution in [1.29, 1.82) is 0 Å². The van der Waals surface area contributed by atoms with Crippen molar-refractivity contribution < 1.29 is 19.5 Å². The van der Waals surface area contributed by atoms with Crippen LogP contribution < -0.4 is 10.2 Å². The van der Waals surface area contributed by atoms with Crippen molar-refractivity contribution in [2.45, 2.75) is 24.2 Å². The molecule has 0 radical (unpaired) electrons. The molecule has 0 saturated carbocycles. The Kier molecular flexibility index (Phi) is 5.23. The number of para-hydroxylation sites is 1. The summed E-state index contributed by atoms with van der Waals surface area (Å²) in [4.78, 5) is 38.4. The number of anilines is 2. The van der Waals surface area contributed by atoms with E-state index in [0.29, 0.717) is 17.0 Å². The van der Waals surface area contributed by atoms with Crippen molar-refractivity contribution in [3.8, 4) is 0 Å². The Bertz CT molecular complexity index is 893. The van der Waals surface area contributed by atoms with Gasteiger partial charge < -0.3 is 15.3 Å². The van der Waals surface area contributed by atoms with Crippen LogP contribution in [-0.2, 0) is 19.8 Å². The van der Waals surface area contributed by atoms with E-state index in [1.807, 2.05) is 24.3 Å². The molecule has 0 unspecified atom stereocenters. The van der Waals surface area contributed by atoms with Gasteiger partial charge in [0.25, 0.3) is 0 Å². The largest absolute Gasteiger partial charge is 0.481 e. The number of nitrogens with zero attached hydrogens (tertiary/aromatic N) is 1. The van der Waals surface area contributed by atoms with Crippen LogP contribution in [0.15, 0.2) is 53.4 Å². The number of carboxylic acid groups (broad SMARTS) is 1. The van der Waals surface area contributed by atoms with E-state index in [2.05, 4.69) is 5.32 Å². The van der Waals surface area contributed by atoms with Gasteiger partial charge in [-0.1, -0.05) is 24.3 Å². The molecule has 2 N–H and O–H groups in total. The first kappa shape index (κ1) is 19.0. The summed E-state index contributed by atoms with van der Waals surface area (Å²) in [5, 5.41) is 12.0. The normalized spacial score (nSPS) is 13.9. The monoisotopic (exact) mass is 384 g/mol. The third-order valence-corrected chi connectivity index (χ3v) is 5.58. The molecule has 0 spiro atoms.